The third kappa shape index (κ3) is 2.97. The van der Waals surface area contributed by atoms with Crippen molar-refractivity contribution < 1.29 is 9.53 Å². The summed E-state index contributed by atoms with van der Waals surface area (Å²) in [6.45, 7) is 3.09. The molecule has 1 saturated heterocycles. The van der Waals surface area contributed by atoms with Crippen molar-refractivity contribution in [1.82, 2.24) is 4.90 Å². The molecule has 0 atom stereocenters. The first kappa shape index (κ1) is 13.4. The summed E-state index contributed by atoms with van der Waals surface area (Å²) >= 11 is 0. The van der Waals surface area contributed by atoms with E-state index in [0.29, 0.717) is 13.1 Å². The molecule has 1 amide bonds. The summed E-state index contributed by atoms with van der Waals surface area (Å²) in [5.74, 6) is 0.738. The summed E-state index contributed by atoms with van der Waals surface area (Å²) in [6.07, 6.45) is -0.274. The minimum absolute atomic E-state index is 0.274. The fourth-order valence-corrected chi connectivity index (χ4v) is 2.41. The molecule has 2 aromatic carbocycles. The number of allylic oxidation sites excluding steroid dienone is 1. The van der Waals surface area contributed by atoms with Crippen molar-refractivity contribution in [2.24, 2.45) is 0 Å². The molecule has 106 valence electrons. The van der Waals surface area contributed by atoms with Gasteiger partial charge in [-0.3, -0.25) is 4.90 Å². The lowest BCUT2D eigenvalue weighted by Gasteiger charge is -2.11. The molecule has 3 heteroatoms. The van der Waals surface area contributed by atoms with Crippen LogP contribution in [0.25, 0.3) is 5.57 Å². The van der Waals surface area contributed by atoms with Gasteiger partial charge < -0.3 is 4.74 Å². The predicted octanol–water partition coefficient (Wildman–Crippen LogP) is 4.07. The number of hydrogen-bond donors (Lipinski definition) is 0. The number of amides is 1. The van der Waals surface area contributed by atoms with E-state index < -0.39 is 0 Å². The van der Waals surface area contributed by atoms with Crippen molar-refractivity contribution in [3.05, 3.63) is 77.5 Å². The Morgan fingerprint density at radius 2 is 1.67 bits per heavy atom. The molecule has 0 aromatic heterocycles. The lowest BCUT2D eigenvalue weighted by molar-refractivity contribution is 0.167. The van der Waals surface area contributed by atoms with Crippen LogP contribution in [0.5, 0.6) is 0 Å². The van der Waals surface area contributed by atoms with Gasteiger partial charge in [-0.05, 0) is 23.6 Å². The summed E-state index contributed by atoms with van der Waals surface area (Å²) in [7, 11) is 0. The van der Waals surface area contributed by atoms with Gasteiger partial charge >= 0.3 is 6.09 Å². The largest absolute Gasteiger partial charge is 0.415 e. The molecular weight excluding hydrogens is 262 g/mol. The van der Waals surface area contributed by atoms with Crippen LogP contribution in [0.2, 0.25) is 0 Å². The van der Waals surface area contributed by atoms with Crippen molar-refractivity contribution in [3.63, 3.8) is 0 Å². The van der Waals surface area contributed by atoms with Crippen LogP contribution in [-0.2, 0) is 11.3 Å². The highest BCUT2D eigenvalue weighted by atomic mass is 16.6. The molecule has 0 spiro atoms. The van der Waals surface area contributed by atoms with Crippen LogP contribution >= 0.6 is 0 Å². The first-order chi connectivity index (χ1) is 10.2. The van der Waals surface area contributed by atoms with E-state index in [1.807, 2.05) is 67.6 Å². The third-order valence-electron chi connectivity index (χ3n) is 3.64. The van der Waals surface area contributed by atoms with Crippen LogP contribution in [0.1, 0.15) is 18.1 Å². The summed E-state index contributed by atoms with van der Waals surface area (Å²) < 4.78 is 5.43. The van der Waals surface area contributed by atoms with E-state index in [2.05, 4.69) is 0 Å². The molecule has 1 aliphatic heterocycles. The number of carbonyl (C=O) groups excluding carboxylic acids is 1. The second-order valence-electron chi connectivity index (χ2n) is 5.12. The maximum absolute atomic E-state index is 12.0. The van der Waals surface area contributed by atoms with Crippen LogP contribution in [0.3, 0.4) is 0 Å². The Morgan fingerprint density at radius 3 is 2.33 bits per heavy atom. The van der Waals surface area contributed by atoms with E-state index in [1.54, 1.807) is 4.90 Å². The smallest absolute Gasteiger partial charge is 0.412 e. The summed E-state index contributed by atoms with van der Waals surface area (Å²) in [5, 5.41) is 0. The minimum atomic E-state index is -0.274. The number of cyclic esters (lactones) is 1. The van der Waals surface area contributed by atoms with Gasteiger partial charge in [0.05, 0.1) is 6.54 Å². The molecule has 0 saturated carbocycles. The van der Waals surface area contributed by atoms with Crippen molar-refractivity contribution in [1.29, 1.82) is 0 Å². The lowest BCUT2D eigenvalue weighted by Crippen LogP contribution is -2.23. The first-order valence-electron chi connectivity index (χ1n) is 7.00. The second-order valence-corrected chi connectivity index (χ2v) is 5.12. The van der Waals surface area contributed by atoms with Gasteiger partial charge in [-0.25, -0.2) is 4.79 Å². The Morgan fingerprint density at radius 1 is 1.05 bits per heavy atom. The zero-order valence-electron chi connectivity index (χ0n) is 12.0. The Bertz CT molecular complexity index is 662. The quantitative estimate of drug-likeness (QED) is 0.847. The van der Waals surface area contributed by atoms with E-state index in [4.69, 9.17) is 4.74 Å². The molecule has 3 rings (SSSR count). The van der Waals surface area contributed by atoms with Gasteiger partial charge in [0.2, 0.25) is 0 Å². The average molecular weight is 279 g/mol. The molecule has 3 nitrogen and oxygen atoms in total. The van der Waals surface area contributed by atoms with Crippen molar-refractivity contribution in [2.75, 3.05) is 6.54 Å². The molecule has 21 heavy (non-hydrogen) atoms. The highest BCUT2D eigenvalue weighted by Crippen LogP contribution is 2.25. The van der Waals surface area contributed by atoms with Crippen LogP contribution in [-0.4, -0.2) is 17.5 Å². The second kappa shape index (κ2) is 5.83. The zero-order valence-corrected chi connectivity index (χ0v) is 12.0. The predicted molar refractivity (Wildman–Crippen MR) is 82.4 cm³/mol. The molecule has 1 heterocycles. The number of carbonyl (C=O) groups is 1. The van der Waals surface area contributed by atoms with Crippen LogP contribution in [0.15, 0.2) is 66.4 Å². The van der Waals surface area contributed by atoms with Gasteiger partial charge in [-0.15, -0.1) is 0 Å². The van der Waals surface area contributed by atoms with Gasteiger partial charge in [0, 0.05) is 6.54 Å². The normalized spacial score (nSPS) is 16.8. The fourth-order valence-electron chi connectivity index (χ4n) is 2.41. The van der Waals surface area contributed by atoms with Crippen molar-refractivity contribution in [2.45, 2.75) is 13.5 Å². The molecule has 0 bridgehead atoms. The van der Waals surface area contributed by atoms with E-state index in [1.165, 1.54) is 0 Å². The SMILES string of the molecule is C/C(=C1/CN(Cc2ccccc2)C(=O)O1)c1ccccc1. The number of nitrogens with zero attached hydrogens (tertiary/aromatic N) is 1. The Kier molecular flexibility index (Phi) is 3.73. The highest BCUT2D eigenvalue weighted by molar-refractivity contribution is 5.77. The van der Waals surface area contributed by atoms with Gasteiger partial charge in [-0.2, -0.15) is 0 Å². The maximum atomic E-state index is 12.0. The van der Waals surface area contributed by atoms with E-state index >= 15 is 0 Å². The molecule has 1 aliphatic rings. The van der Waals surface area contributed by atoms with Gasteiger partial charge in [-0.1, -0.05) is 60.7 Å². The van der Waals surface area contributed by atoms with E-state index in [-0.39, 0.29) is 6.09 Å². The molecule has 0 unspecified atom stereocenters. The molecule has 1 fully saturated rings. The number of rotatable bonds is 3. The number of benzene rings is 2. The van der Waals surface area contributed by atoms with Crippen LogP contribution in [0, 0.1) is 0 Å². The maximum Gasteiger partial charge on any atom is 0.415 e. The summed E-state index contributed by atoms with van der Waals surface area (Å²) in [5.41, 5.74) is 3.20. The van der Waals surface area contributed by atoms with Gasteiger partial charge in [0.15, 0.2) is 0 Å². The topological polar surface area (TPSA) is 29.5 Å². The van der Waals surface area contributed by atoms with Crippen molar-refractivity contribution >= 4 is 11.7 Å². The summed E-state index contributed by atoms with van der Waals surface area (Å²) in [4.78, 5) is 13.7. The zero-order chi connectivity index (χ0) is 14.7. The van der Waals surface area contributed by atoms with Crippen molar-refractivity contribution in [3.8, 4) is 0 Å². The lowest BCUT2D eigenvalue weighted by atomic mass is 10.1. The first-order valence-corrected chi connectivity index (χ1v) is 7.00. The Labute approximate surface area is 124 Å². The average Bonchev–Trinajstić information content (AvgIpc) is 2.89. The third-order valence-corrected chi connectivity index (χ3v) is 3.64. The molecule has 0 radical (unpaired) electrons. The minimum Gasteiger partial charge on any atom is -0.412 e. The van der Waals surface area contributed by atoms with Gasteiger partial charge in [0.25, 0.3) is 0 Å². The van der Waals surface area contributed by atoms with E-state index in [9.17, 15) is 4.79 Å². The van der Waals surface area contributed by atoms with E-state index in [0.717, 1.165) is 22.5 Å². The highest BCUT2D eigenvalue weighted by Gasteiger charge is 2.28. The Hall–Kier alpha value is -2.55. The summed E-state index contributed by atoms with van der Waals surface area (Å²) in [6, 6.07) is 19.9. The van der Waals surface area contributed by atoms with Crippen LogP contribution in [0.4, 0.5) is 4.79 Å². The molecule has 0 aliphatic carbocycles. The van der Waals surface area contributed by atoms with Crippen LogP contribution < -0.4 is 0 Å². The molecule has 0 N–H and O–H groups in total. The standard InChI is InChI=1S/C18H17NO2/c1-14(16-10-6-3-7-11-16)17-13-19(18(20)21-17)12-15-8-4-2-5-9-15/h2-11H,12-13H2,1H3/b17-14+. The number of hydrogen-bond acceptors (Lipinski definition) is 2. The molecule has 2 aromatic rings. The van der Waals surface area contributed by atoms with Gasteiger partial charge in [0.1, 0.15) is 5.76 Å². The number of ether oxygens (including phenoxy) is 1. The monoisotopic (exact) mass is 279 g/mol. The fraction of sp³-hybridized carbons (Fsp3) is 0.167. The Balaban J connectivity index is 1.78. The molecular formula is C18H17NO2.